The van der Waals surface area contributed by atoms with Crippen molar-refractivity contribution >= 4 is 0 Å². The Hall–Kier alpha value is -0.160. The van der Waals surface area contributed by atoms with E-state index in [9.17, 15) is 0 Å². The molecule has 0 amide bonds. The predicted molar refractivity (Wildman–Crippen MR) is 72.3 cm³/mol. The lowest BCUT2D eigenvalue weighted by atomic mass is 10.3. The molecule has 0 bridgehead atoms. The summed E-state index contributed by atoms with van der Waals surface area (Å²) in [5.41, 5.74) is 0. The van der Waals surface area contributed by atoms with Crippen molar-refractivity contribution in [1.29, 1.82) is 0 Å². The number of nitrogens with zero attached hydrogens (tertiary/aromatic N) is 2. The van der Waals surface area contributed by atoms with Crippen molar-refractivity contribution in [3.63, 3.8) is 0 Å². The average Bonchev–Trinajstić information content (AvgIpc) is 2.26. The quantitative estimate of drug-likeness (QED) is 0.518. The molecule has 4 nitrogen and oxygen atoms in total. The second-order valence-electron chi connectivity index (χ2n) is 4.59. The summed E-state index contributed by atoms with van der Waals surface area (Å²) in [5.74, 6) is 0. The van der Waals surface area contributed by atoms with Crippen molar-refractivity contribution in [2.24, 2.45) is 0 Å². The van der Waals surface area contributed by atoms with Crippen LogP contribution in [0.25, 0.3) is 0 Å². The molecule has 0 rings (SSSR count). The van der Waals surface area contributed by atoms with Gasteiger partial charge < -0.3 is 19.3 Å². The highest BCUT2D eigenvalue weighted by atomic mass is 16.7. The molecule has 0 aromatic carbocycles. The summed E-state index contributed by atoms with van der Waals surface area (Å²) in [4.78, 5) is 4.56. The third-order valence-corrected chi connectivity index (χ3v) is 2.60. The summed E-state index contributed by atoms with van der Waals surface area (Å²) in [6.45, 7) is 8.75. The first kappa shape index (κ1) is 16.8. The van der Waals surface area contributed by atoms with Crippen molar-refractivity contribution in [2.45, 2.75) is 33.0 Å². The van der Waals surface area contributed by atoms with E-state index in [1.165, 1.54) is 6.42 Å². The highest BCUT2D eigenvalue weighted by Gasteiger charge is 2.09. The monoisotopic (exact) mass is 246 g/mol. The normalized spacial score (nSPS) is 12.0. The third-order valence-electron chi connectivity index (χ3n) is 2.60. The van der Waals surface area contributed by atoms with Crippen LogP contribution in [0.3, 0.4) is 0 Å². The molecular formula is C13H30N2O2. The molecule has 0 atom stereocenters. The largest absolute Gasteiger partial charge is 0.353 e. The Morgan fingerprint density at radius 3 is 1.94 bits per heavy atom. The van der Waals surface area contributed by atoms with E-state index in [2.05, 4.69) is 30.9 Å². The van der Waals surface area contributed by atoms with E-state index in [0.29, 0.717) is 0 Å². The van der Waals surface area contributed by atoms with Gasteiger partial charge >= 0.3 is 0 Å². The van der Waals surface area contributed by atoms with Gasteiger partial charge in [-0.3, -0.25) is 0 Å². The Bertz CT molecular complexity index is 159. The molecule has 0 spiro atoms. The zero-order chi connectivity index (χ0) is 13.1. The summed E-state index contributed by atoms with van der Waals surface area (Å²) in [6.07, 6.45) is 2.11. The molecule has 0 heterocycles. The molecule has 0 fully saturated rings. The maximum atomic E-state index is 5.52. The van der Waals surface area contributed by atoms with Gasteiger partial charge in [-0.25, -0.2) is 0 Å². The van der Waals surface area contributed by atoms with Crippen LogP contribution in [-0.2, 0) is 9.47 Å². The lowest BCUT2D eigenvalue weighted by Crippen LogP contribution is -2.28. The van der Waals surface area contributed by atoms with Crippen LogP contribution in [0.15, 0.2) is 0 Å². The highest BCUT2D eigenvalue weighted by molar-refractivity contribution is 4.56. The van der Waals surface area contributed by atoms with E-state index in [1.54, 1.807) is 0 Å². The van der Waals surface area contributed by atoms with Crippen LogP contribution in [0.1, 0.15) is 26.7 Å². The molecule has 0 aliphatic heterocycles. The topological polar surface area (TPSA) is 24.9 Å². The lowest BCUT2D eigenvalue weighted by molar-refractivity contribution is -0.141. The smallest absolute Gasteiger partial charge is 0.158 e. The molecule has 0 radical (unpaired) electrons. The van der Waals surface area contributed by atoms with Gasteiger partial charge in [-0.05, 0) is 54.5 Å². The number of ether oxygens (including phenoxy) is 2. The van der Waals surface area contributed by atoms with Gasteiger partial charge in [-0.1, -0.05) is 0 Å². The van der Waals surface area contributed by atoms with E-state index in [0.717, 1.165) is 39.3 Å². The second kappa shape index (κ2) is 11.0. The van der Waals surface area contributed by atoms with Crippen molar-refractivity contribution < 1.29 is 9.47 Å². The molecule has 0 aromatic heterocycles. The molecule has 0 saturated carbocycles. The van der Waals surface area contributed by atoms with Crippen LogP contribution >= 0.6 is 0 Å². The number of rotatable bonds is 11. The van der Waals surface area contributed by atoms with Crippen molar-refractivity contribution in [3.8, 4) is 0 Å². The fourth-order valence-corrected chi connectivity index (χ4v) is 1.68. The van der Waals surface area contributed by atoms with Gasteiger partial charge in [-0.2, -0.15) is 0 Å². The van der Waals surface area contributed by atoms with Gasteiger partial charge in [-0.15, -0.1) is 0 Å². The minimum Gasteiger partial charge on any atom is -0.353 e. The summed E-state index contributed by atoms with van der Waals surface area (Å²) in [7, 11) is 6.38. The van der Waals surface area contributed by atoms with Gasteiger partial charge in [0.1, 0.15) is 0 Å². The van der Waals surface area contributed by atoms with E-state index in [-0.39, 0.29) is 6.29 Å². The Balaban J connectivity index is 3.60. The van der Waals surface area contributed by atoms with Crippen molar-refractivity contribution in [1.82, 2.24) is 9.80 Å². The van der Waals surface area contributed by atoms with E-state index in [4.69, 9.17) is 9.47 Å². The first-order chi connectivity index (χ1) is 8.10. The molecule has 0 aliphatic rings. The fourth-order valence-electron chi connectivity index (χ4n) is 1.68. The molecule has 104 valence electrons. The predicted octanol–water partition coefficient (Wildman–Crippen LogP) is 1.66. The first-order valence-electron chi connectivity index (χ1n) is 6.66. The van der Waals surface area contributed by atoms with Crippen LogP contribution in [0.2, 0.25) is 0 Å². The van der Waals surface area contributed by atoms with Crippen LogP contribution in [0.5, 0.6) is 0 Å². The maximum absolute atomic E-state index is 5.52. The van der Waals surface area contributed by atoms with Crippen molar-refractivity contribution in [3.05, 3.63) is 0 Å². The third kappa shape index (κ3) is 10.7. The van der Waals surface area contributed by atoms with Gasteiger partial charge in [0.05, 0.1) is 0 Å². The van der Waals surface area contributed by atoms with Gasteiger partial charge in [0.2, 0.25) is 0 Å². The first-order valence-corrected chi connectivity index (χ1v) is 6.66. The molecule has 17 heavy (non-hydrogen) atoms. The number of hydrogen-bond acceptors (Lipinski definition) is 4. The standard InChI is InChI=1S/C13H30N2O2/c1-6-16-13(17-7-2)9-12-15(5)11-8-10-14(3)4/h13H,6-12H2,1-5H3. The molecule has 0 aliphatic carbocycles. The SMILES string of the molecule is CCOC(CCN(C)CCCN(C)C)OCC. The van der Waals surface area contributed by atoms with Gasteiger partial charge in [0, 0.05) is 26.2 Å². The molecular weight excluding hydrogens is 216 g/mol. The number of hydrogen-bond donors (Lipinski definition) is 0. The molecule has 4 heteroatoms. The van der Waals surface area contributed by atoms with Crippen LogP contribution in [-0.4, -0.2) is 70.1 Å². The molecule has 0 aromatic rings. The minimum absolute atomic E-state index is 0.0405. The minimum atomic E-state index is -0.0405. The molecule has 0 unspecified atom stereocenters. The van der Waals surface area contributed by atoms with Crippen LogP contribution in [0, 0.1) is 0 Å². The zero-order valence-electron chi connectivity index (χ0n) is 12.2. The Labute approximate surface area is 107 Å². The Morgan fingerprint density at radius 1 is 0.882 bits per heavy atom. The van der Waals surface area contributed by atoms with Crippen LogP contribution in [0.4, 0.5) is 0 Å². The van der Waals surface area contributed by atoms with Crippen LogP contribution < -0.4 is 0 Å². The average molecular weight is 246 g/mol. The summed E-state index contributed by atoms with van der Waals surface area (Å²) >= 11 is 0. The second-order valence-corrected chi connectivity index (χ2v) is 4.59. The molecule has 0 saturated heterocycles. The fraction of sp³-hybridized carbons (Fsp3) is 1.00. The Kier molecular flexibility index (Phi) is 10.9. The zero-order valence-corrected chi connectivity index (χ0v) is 12.2. The lowest BCUT2D eigenvalue weighted by Gasteiger charge is -2.22. The Morgan fingerprint density at radius 2 is 1.47 bits per heavy atom. The molecule has 0 N–H and O–H groups in total. The summed E-state index contributed by atoms with van der Waals surface area (Å²) < 4.78 is 11.0. The highest BCUT2D eigenvalue weighted by Crippen LogP contribution is 2.02. The van der Waals surface area contributed by atoms with Gasteiger partial charge in [0.15, 0.2) is 6.29 Å². The van der Waals surface area contributed by atoms with E-state index in [1.807, 2.05) is 13.8 Å². The van der Waals surface area contributed by atoms with E-state index >= 15 is 0 Å². The summed E-state index contributed by atoms with van der Waals surface area (Å²) in [6, 6.07) is 0. The van der Waals surface area contributed by atoms with E-state index < -0.39 is 0 Å². The maximum Gasteiger partial charge on any atom is 0.158 e. The van der Waals surface area contributed by atoms with Crippen molar-refractivity contribution in [2.75, 3.05) is 54.0 Å². The van der Waals surface area contributed by atoms with Gasteiger partial charge in [0.25, 0.3) is 0 Å². The summed E-state index contributed by atoms with van der Waals surface area (Å²) in [5, 5.41) is 0.